The largest absolute Gasteiger partial charge is 0.384 e. The van der Waals surface area contributed by atoms with Crippen LogP contribution in [0.3, 0.4) is 0 Å². The Balaban J connectivity index is 2.15. The van der Waals surface area contributed by atoms with Crippen molar-refractivity contribution in [3.05, 3.63) is 29.6 Å². The monoisotopic (exact) mass is 280 g/mol. The Morgan fingerprint density at radius 1 is 1.40 bits per heavy atom. The van der Waals surface area contributed by atoms with Crippen LogP contribution in [0.4, 0.5) is 10.1 Å². The lowest BCUT2D eigenvalue weighted by Crippen LogP contribution is -2.36. The van der Waals surface area contributed by atoms with Crippen LogP contribution in [-0.2, 0) is 4.74 Å². The Kier molecular flexibility index (Phi) is 5.38. The number of piperidine rings is 1. The SMILES string of the molecule is CNC(C)c1c(F)cccc1N1CCC(COC)CC1. The van der Waals surface area contributed by atoms with Gasteiger partial charge in [-0.25, -0.2) is 4.39 Å². The molecule has 0 aliphatic carbocycles. The molecule has 1 saturated heterocycles. The van der Waals surface area contributed by atoms with Gasteiger partial charge in [-0.15, -0.1) is 0 Å². The van der Waals surface area contributed by atoms with E-state index in [1.165, 1.54) is 0 Å². The highest BCUT2D eigenvalue weighted by molar-refractivity contribution is 5.55. The Labute approximate surface area is 121 Å². The molecule has 0 amide bonds. The van der Waals surface area contributed by atoms with Gasteiger partial charge in [0.25, 0.3) is 0 Å². The normalized spacial score (nSPS) is 18.3. The van der Waals surface area contributed by atoms with Crippen LogP contribution in [0.5, 0.6) is 0 Å². The molecule has 1 aliphatic rings. The summed E-state index contributed by atoms with van der Waals surface area (Å²) in [6, 6.07) is 5.40. The summed E-state index contributed by atoms with van der Waals surface area (Å²) < 4.78 is 19.4. The minimum absolute atomic E-state index is 0.0166. The third-order valence-corrected chi connectivity index (χ3v) is 4.25. The van der Waals surface area contributed by atoms with Gasteiger partial charge >= 0.3 is 0 Å². The molecule has 1 N–H and O–H groups in total. The topological polar surface area (TPSA) is 24.5 Å². The highest BCUT2D eigenvalue weighted by Crippen LogP contribution is 2.31. The Bertz CT molecular complexity index is 430. The molecule has 1 heterocycles. The molecule has 1 aromatic carbocycles. The Morgan fingerprint density at radius 3 is 2.70 bits per heavy atom. The van der Waals surface area contributed by atoms with Gasteiger partial charge < -0.3 is 15.0 Å². The van der Waals surface area contributed by atoms with E-state index in [2.05, 4.69) is 10.2 Å². The molecule has 1 fully saturated rings. The third-order valence-electron chi connectivity index (χ3n) is 4.25. The molecule has 3 nitrogen and oxygen atoms in total. The van der Waals surface area contributed by atoms with E-state index in [4.69, 9.17) is 4.74 Å². The first kappa shape index (κ1) is 15.3. The summed E-state index contributed by atoms with van der Waals surface area (Å²) >= 11 is 0. The number of ether oxygens (including phenoxy) is 1. The van der Waals surface area contributed by atoms with E-state index in [-0.39, 0.29) is 11.9 Å². The summed E-state index contributed by atoms with van der Waals surface area (Å²) in [7, 11) is 3.62. The van der Waals surface area contributed by atoms with Crippen LogP contribution in [-0.4, -0.2) is 33.9 Å². The molecule has 1 unspecified atom stereocenters. The number of hydrogen-bond acceptors (Lipinski definition) is 3. The molecular weight excluding hydrogens is 255 g/mol. The highest BCUT2D eigenvalue weighted by Gasteiger charge is 2.23. The predicted molar refractivity (Wildman–Crippen MR) is 80.7 cm³/mol. The zero-order chi connectivity index (χ0) is 14.5. The number of anilines is 1. The highest BCUT2D eigenvalue weighted by atomic mass is 19.1. The van der Waals surface area contributed by atoms with E-state index < -0.39 is 0 Å². The molecule has 0 aromatic heterocycles. The summed E-state index contributed by atoms with van der Waals surface area (Å²) in [6.07, 6.45) is 2.22. The average Bonchev–Trinajstić information content (AvgIpc) is 2.47. The second-order valence-electron chi connectivity index (χ2n) is 5.57. The number of rotatable bonds is 5. The minimum Gasteiger partial charge on any atom is -0.384 e. The third kappa shape index (κ3) is 3.30. The van der Waals surface area contributed by atoms with Crippen LogP contribution in [0, 0.1) is 11.7 Å². The van der Waals surface area contributed by atoms with Crippen molar-refractivity contribution in [2.75, 3.05) is 38.8 Å². The number of methoxy groups -OCH3 is 1. The summed E-state index contributed by atoms with van der Waals surface area (Å²) in [4.78, 5) is 2.30. The summed E-state index contributed by atoms with van der Waals surface area (Å²) in [5.41, 5.74) is 1.81. The summed E-state index contributed by atoms with van der Waals surface area (Å²) in [5.74, 6) is 0.512. The van der Waals surface area contributed by atoms with Crippen LogP contribution in [0.25, 0.3) is 0 Å². The van der Waals surface area contributed by atoms with Crippen molar-refractivity contribution in [3.63, 3.8) is 0 Å². The zero-order valence-corrected chi connectivity index (χ0v) is 12.7. The first-order valence-corrected chi connectivity index (χ1v) is 7.37. The van der Waals surface area contributed by atoms with Crippen molar-refractivity contribution >= 4 is 5.69 Å². The molecule has 1 atom stereocenters. The van der Waals surface area contributed by atoms with Gasteiger partial charge in [-0.05, 0) is 44.9 Å². The van der Waals surface area contributed by atoms with Gasteiger partial charge in [-0.1, -0.05) is 6.07 Å². The van der Waals surface area contributed by atoms with Gasteiger partial charge in [0, 0.05) is 44.1 Å². The first-order valence-electron chi connectivity index (χ1n) is 7.37. The molecule has 0 saturated carbocycles. The molecule has 20 heavy (non-hydrogen) atoms. The molecular formula is C16H25FN2O. The average molecular weight is 280 g/mol. The Morgan fingerprint density at radius 2 is 2.10 bits per heavy atom. The fourth-order valence-electron chi connectivity index (χ4n) is 2.95. The molecule has 1 aromatic rings. The lowest BCUT2D eigenvalue weighted by atomic mass is 9.96. The second-order valence-corrected chi connectivity index (χ2v) is 5.57. The first-order chi connectivity index (χ1) is 9.67. The summed E-state index contributed by atoms with van der Waals surface area (Å²) in [5, 5.41) is 3.14. The zero-order valence-electron chi connectivity index (χ0n) is 12.7. The van der Waals surface area contributed by atoms with Gasteiger partial charge in [0.1, 0.15) is 5.82 Å². The van der Waals surface area contributed by atoms with Crippen LogP contribution in [0.1, 0.15) is 31.4 Å². The van der Waals surface area contributed by atoms with Gasteiger partial charge in [-0.3, -0.25) is 0 Å². The fourth-order valence-corrected chi connectivity index (χ4v) is 2.95. The maximum atomic E-state index is 14.2. The van der Waals surface area contributed by atoms with E-state index in [0.29, 0.717) is 5.92 Å². The van der Waals surface area contributed by atoms with Crippen molar-refractivity contribution in [1.29, 1.82) is 0 Å². The molecule has 4 heteroatoms. The Hall–Kier alpha value is -1.13. The molecule has 112 valence electrons. The molecule has 1 aliphatic heterocycles. The van der Waals surface area contributed by atoms with Gasteiger partial charge in [-0.2, -0.15) is 0 Å². The summed E-state index contributed by atoms with van der Waals surface area (Å²) in [6.45, 7) is 4.78. The fraction of sp³-hybridized carbons (Fsp3) is 0.625. The second kappa shape index (κ2) is 7.04. The van der Waals surface area contributed by atoms with E-state index in [9.17, 15) is 4.39 Å². The standard InChI is InChI=1S/C16H25FN2O/c1-12(18-2)16-14(17)5-4-6-15(16)19-9-7-13(8-10-19)11-20-3/h4-6,12-13,18H,7-11H2,1-3H3. The van der Waals surface area contributed by atoms with Crippen molar-refractivity contribution in [2.24, 2.45) is 5.92 Å². The number of nitrogens with one attached hydrogen (secondary N) is 1. The predicted octanol–water partition coefficient (Wildman–Crippen LogP) is 2.97. The van der Waals surface area contributed by atoms with E-state index >= 15 is 0 Å². The lowest BCUT2D eigenvalue weighted by Gasteiger charge is -2.35. The van der Waals surface area contributed by atoms with E-state index in [1.54, 1.807) is 19.2 Å². The smallest absolute Gasteiger partial charge is 0.130 e. The maximum absolute atomic E-state index is 14.2. The molecule has 0 bridgehead atoms. The molecule has 0 radical (unpaired) electrons. The van der Waals surface area contributed by atoms with E-state index in [0.717, 1.165) is 43.8 Å². The van der Waals surface area contributed by atoms with Crippen molar-refractivity contribution in [3.8, 4) is 0 Å². The lowest BCUT2D eigenvalue weighted by molar-refractivity contribution is 0.139. The number of hydrogen-bond donors (Lipinski definition) is 1. The van der Waals surface area contributed by atoms with Crippen molar-refractivity contribution in [2.45, 2.75) is 25.8 Å². The van der Waals surface area contributed by atoms with Crippen LogP contribution in [0.2, 0.25) is 0 Å². The number of nitrogens with zero attached hydrogens (tertiary/aromatic N) is 1. The minimum atomic E-state index is -0.122. The van der Waals surface area contributed by atoms with Gasteiger partial charge in [0.15, 0.2) is 0 Å². The number of halogens is 1. The van der Waals surface area contributed by atoms with Gasteiger partial charge in [0.05, 0.1) is 0 Å². The van der Waals surface area contributed by atoms with Crippen molar-refractivity contribution in [1.82, 2.24) is 5.32 Å². The van der Waals surface area contributed by atoms with Crippen LogP contribution < -0.4 is 10.2 Å². The quantitative estimate of drug-likeness (QED) is 0.897. The van der Waals surface area contributed by atoms with E-state index in [1.807, 2.05) is 20.0 Å². The maximum Gasteiger partial charge on any atom is 0.130 e. The molecule has 2 rings (SSSR count). The van der Waals surface area contributed by atoms with Gasteiger partial charge in [0.2, 0.25) is 0 Å². The van der Waals surface area contributed by atoms with Crippen LogP contribution in [0.15, 0.2) is 18.2 Å². The van der Waals surface area contributed by atoms with Crippen LogP contribution >= 0.6 is 0 Å². The number of benzene rings is 1. The van der Waals surface area contributed by atoms with Crippen molar-refractivity contribution < 1.29 is 9.13 Å². The molecule has 0 spiro atoms.